The average molecular weight is 740 g/mol. The van der Waals surface area contributed by atoms with Gasteiger partial charge in [0.05, 0.1) is 26.7 Å². The molecular formula is C23H14BaN4O12S2. The Labute approximate surface area is 276 Å². The van der Waals surface area contributed by atoms with E-state index in [0.717, 1.165) is 66.8 Å². The van der Waals surface area contributed by atoms with Gasteiger partial charge in [0.2, 0.25) is 0 Å². The van der Waals surface area contributed by atoms with Gasteiger partial charge in [0.1, 0.15) is 26.2 Å². The molecule has 2 aromatic carbocycles. The van der Waals surface area contributed by atoms with E-state index in [9.17, 15) is 55.3 Å². The molecule has 212 valence electrons. The Kier molecular flexibility index (Phi) is 9.76. The molecule has 0 spiro atoms. The van der Waals surface area contributed by atoms with Crippen LogP contribution in [0.2, 0.25) is 0 Å². The van der Waals surface area contributed by atoms with Crippen LogP contribution in [0.15, 0.2) is 92.3 Å². The van der Waals surface area contributed by atoms with Crippen molar-refractivity contribution in [2.75, 3.05) is 10.0 Å². The summed E-state index contributed by atoms with van der Waals surface area (Å²) in [5.41, 5.74) is -1.95. The summed E-state index contributed by atoms with van der Waals surface area (Å²) in [7, 11) is -9.56. The van der Waals surface area contributed by atoms with E-state index >= 15 is 0 Å². The monoisotopic (exact) mass is 740 g/mol. The molecule has 0 saturated heterocycles. The molecule has 1 atom stereocenters. The van der Waals surface area contributed by atoms with Gasteiger partial charge in [-0.05, 0) is 54.6 Å². The fourth-order valence-electron chi connectivity index (χ4n) is 3.67. The molecule has 0 aliphatic carbocycles. The molecule has 42 heavy (non-hydrogen) atoms. The summed E-state index contributed by atoms with van der Waals surface area (Å²) in [4.78, 5) is 48.1. The fourth-order valence-corrected chi connectivity index (χ4v) is 4.61. The minimum Gasteiger partial charge on any atom is -0.744 e. The van der Waals surface area contributed by atoms with Crippen LogP contribution in [-0.4, -0.2) is 120 Å². The van der Waals surface area contributed by atoms with E-state index in [1.807, 2.05) is 0 Å². The SMILES string of the molecule is O=C(O)C1=NN(c2ccc(S(=O)(=O)[O-])cc2)C(=O)/C1=C/C=C/C1C(=O)N(c2ccc(S(=O)(=O)[O-])cc2)N=C1C(=O)O.[Ba+2]. The first-order valence-electron chi connectivity index (χ1n) is 10.9. The van der Waals surface area contributed by atoms with Gasteiger partial charge in [0.25, 0.3) is 11.8 Å². The third-order valence-electron chi connectivity index (χ3n) is 5.58. The number of carbonyl (C=O) groups excluding carboxylic acids is 2. The molecule has 2 aliphatic rings. The van der Waals surface area contributed by atoms with Crippen molar-refractivity contribution in [1.82, 2.24) is 0 Å². The number of carbonyl (C=O) groups is 4. The number of hydrazone groups is 2. The second kappa shape index (κ2) is 12.4. The molecule has 19 heteroatoms. The summed E-state index contributed by atoms with van der Waals surface area (Å²) >= 11 is 0. The Morgan fingerprint density at radius 1 is 0.786 bits per heavy atom. The van der Waals surface area contributed by atoms with E-state index in [1.54, 1.807) is 0 Å². The van der Waals surface area contributed by atoms with E-state index in [-0.39, 0.29) is 60.3 Å². The topological polar surface area (TPSA) is 254 Å². The molecule has 0 saturated carbocycles. The molecule has 2 amide bonds. The second-order valence-corrected chi connectivity index (χ2v) is 10.9. The van der Waals surface area contributed by atoms with Gasteiger partial charge in [-0.3, -0.25) is 9.59 Å². The number of carboxylic acids is 2. The number of rotatable bonds is 8. The molecule has 16 nitrogen and oxygen atoms in total. The maximum atomic E-state index is 12.9. The standard InChI is InChI=1S/C23H16N4O12S2.Ba/c28-20-16(18(22(30)31)24-26(20)12-4-8-14(9-5-12)40(34,35)36)2-1-3-17-19(23(32)33)25-27(21(17)29)13-6-10-15(11-7-13)41(37,38)39;/h1-11,16H,(H,30,31)(H,32,33)(H,34,35,36)(H,37,38,39);/q;+2/p-2/b2-1+,17-3+;. The van der Waals surface area contributed by atoms with Crippen molar-refractivity contribution in [3.8, 4) is 0 Å². The average Bonchev–Trinajstić information content (AvgIpc) is 3.40. The molecule has 2 N–H and O–H groups in total. The van der Waals surface area contributed by atoms with E-state index in [4.69, 9.17) is 0 Å². The van der Waals surface area contributed by atoms with E-state index in [2.05, 4.69) is 10.2 Å². The Morgan fingerprint density at radius 2 is 1.26 bits per heavy atom. The van der Waals surface area contributed by atoms with E-state index in [0.29, 0.717) is 10.0 Å². The summed E-state index contributed by atoms with van der Waals surface area (Å²) < 4.78 is 66.8. The maximum Gasteiger partial charge on any atom is 2.00 e. The predicted molar refractivity (Wildman–Crippen MR) is 140 cm³/mol. The minimum atomic E-state index is -4.78. The molecule has 0 radical (unpaired) electrons. The summed E-state index contributed by atoms with van der Waals surface area (Å²) in [6, 6.07) is 7.88. The largest absolute Gasteiger partial charge is 2.00 e. The molecule has 0 aromatic heterocycles. The number of benzene rings is 2. The number of aliphatic carboxylic acids is 2. The summed E-state index contributed by atoms with van der Waals surface area (Å²) in [5.74, 6) is -6.56. The number of anilines is 2. The van der Waals surface area contributed by atoms with Crippen molar-refractivity contribution < 1.29 is 55.3 Å². The summed E-state index contributed by atoms with van der Waals surface area (Å²) in [5, 5.41) is 27.8. The molecule has 4 rings (SSSR count). The molecule has 2 aliphatic heterocycles. The Bertz CT molecular complexity index is 1830. The van der Waals surface area contributed by atoms with Crippen LogP contribution < -0.4 is 10.0 Å². The zero-order chi connectivity index (χ0) is 30.3. The van der Waals surface area contributed by atoms with Gasteiger partial charge in [-0.1, -0.05) is 12.2 Å². The van der Waals surface area contributed by atoms with Crippen molar-refractivity contribution in [1.29, 1.82) is 0 Å². The smallest absolute Gasteiger partial charge is 0.744 e. The van der Waals surface area contributed by atoms with Crippen LogP contribution in [0.5, 0.6) is 0 Å². The van der Waals surface area contributed by atoms with Gasteiger partial charge in [0.15, 0.2) is 11.4 Å². The first-order chi connectivity index (χ1) is 19.1. The Morgan fingerprint density at radius 3 is 1.69 bits per heavy atom. The van der Waals surface area contributed by atoms with Crippen molar-refractivity contribution in [2.45, 2.75) is 9.79 Å². The zero-order valence-electron chi connectivity index (χ0n) is 20.7. The van der Waals surface area contributed by atoms with Crippen molar-refractivity contribution >= 4 is 116 Å². The number of allylic oxidation sites excluding steroid dienone is 2. The van der Waals surface area contributed by atoms with Crippen LogP contribution >= 0.6 is 0 Å². The molecule has 0 bridgehead atoms. The quantitative estimate of drug-likeness (QED) is 0.197. The van der Waals surface area contributed by atoms with Crippen LogP contribution in [-0.2, 0) is 39.4 Å². The van der Waals surface area contributed by atoms with E-state index < -0.39 is 76.7 Å². The van der Waals surface area contributed by atoms with Crippen molar-refractivity contribution in [3.63, 3.8) is 0 Å². The number of nitrogens with zero attached hydrogens (tertiary/aromatic N) is 4. The minimum absolute atomic E-state index is 0. The van der Waals surface area contributed by atoms with Gasteiger partial charge in [-0.25, -0.2) is 26.4 Å². The third-order valence-corrected chi connectivity index (χ3v) is 7.28. The first kappa shape index (κ1) is 33.0. The molecule has 2 aromatic rings. The second-order valence-electron chi connectivity index (χ2n) is 8.15. The Hall–Kier alpha value is -3.47. The summed E-state index contributed by atoms with van der Waals surface area (Å²) in [6.07, 6.45) is 3.04. The first-order valence-corrected chi connectivity index (χ1v) is 13.7. The third kappa shape index (κ3) is 6.77. The molecule has 2 heterocycles. The van der Waals surface area contributed by atoms with Gasteiger partial charge < -0.3 is 19.3 Å². The molecule has 1 unspecified atom stereocenters. The van der Waals surface area contributed by atoms with Crippen molar-refractivity contribution in [3.05, 3.63) is 72.3 Å². The zero-order valence-corrected chi connectivity index (χ0v) is 26.8. The van der Waals surface area contributed by atoms with Crippen LogP contribution in [0.3, 0.4) is 0 Å². The number of carboxylic acid groups (broad SMARTS) is 2. The maximum absolute atomic E-state index is 12.9. The predicted octanol–water partition coefficient (Wildman–Crippen LogP) is -0.513. The van der Waals surface area contributed by atoms with Gasteiger partial charge in [0, 0.05) is 0 Å². The number of hydrogen-bond donors (Lipinski definition) is 2. The fraction of sp³-hybridized carbons (Fsp3) is 0.0435. The number of amides is 2. The van der Waals surface area contributed by atoms with Crippen LogP contribution in [0.1, 0.15) is 0 Å². The normalized spacial score (nSPS) is 18.3. The van der Waals surface area contributed by atoms with Crippen LogP contribution in [0, 0.1) is 5.92 Å². The van der Waals surface area contributed by atoms with Crippen molar-refractivity contribution in [2.24, 2.45) is 16.1 Å². The Balaban J connectivity index is 0.00000484. The van der Waals surface area contributed by atoms with Crippen LogP contribution in [0.4, 0.5) is 11.4 Å². The van der Waals surface area contributed by atoms with E-state index in [1.165, 1.54) is 0 Å². The van der Waals surface area contributed by atoms with Crippen LogP contribution in [0.25, 0.3) is 0 Å². The van der Waals surface area contributed by atoms with Gasteiger partial charge in [-0.15, -0.1) is 0 Å². The molecular weight excluding hydrogens is 726 g/mol. The summed E-state index contributed by atoms with van der Waals surface area (Å²) in [6.45, 7) is 0. The van der Waals surface area contributed by atoms with Gasteiger partial charge >= 0.3 is 60.8 Å². The number of hydrogen-bond acceptors (Lipinski definition) is 12. The van der Waals surface area contributed by atoms with Gasteiger partial charge in [-0.2, -0.15) is 20.2 Å². The molecule has 0 fully saturated rings.